The van der Waals surface area contributed by atoms with Gasteiger partial charge in [-0.15, -0.1) is 29.1 Å². The van der Waals surface area contributed by atoms with Crippen LogP contribution >= 0.6 is 0 Å². The minimum atomic E-state index is -0.337. The second kappa shape index (κ2) is 14.9. The summed E-state index contributed by atoms with van der Waals surface area (Å²) in [6.45, 7) is 23.1. The number of benzene rings is 4. The van der Waals surface area contributed by atoms with E-state index >= 15 is 0 Å². The summed E-state index contributed by atoms with van der Waals surface area (Å²) in [5.41, 5.74) is 9.85. The fourth-order valence-electron chi connectivity index (χ4n) is 7.28. The van der Waals surface area contributed by atoms with Crippen molar-refractivity contribution >= 4 is 27.3 Å². The Kier molecular flexibility index (Phi) is 11.7. The van der Waals surface area contributed by atoms with E-state index in [4.69, 9.17) is 9.97 Å². The summed E-state index contributed by atoms with van der Waals surface area (Å²) >= 11 is 0. The van der Waals surface area contributed by atoms with Gasteiger partial charge >= 0.3 is 0 Å². The number of ketones is 1. The number of aliphatic hydroxyl groups excluding tert-OH is 1. The monoisotopic (exact) mass is 846 g/mol. The molecule has 1 aliphatic rings. The van der Waals surface area contributed by atoms with Crippen LogP contribution in [0.25, 0.3) is 43.9 Å². The summed E-state index contributed by atoms with van der Waals surface area (Å²) in [5.74, 6) is 0.286. The average molecular weight is 846 g/mol. The van der Waals surface area contributed by atoms with Gasteiger partial charge in [-0.3, -0.25) is 9.78 Å². The molecule has 5 heteroatoms. The molecule has 0 aliphatic heterocycles. The minimum Gasteiger partial charge on any atom is -0.512 e. The van der Waals surface area contributed by atoms with Crippen molar-refractivity contribution in [2.45, 2.75) is 107 Å². The first kappa shape index (κ1) is 39.1. The van der Waals surface area contributed by atoms with Crippen molar-refractivity contribution in [1.82, 2.24) is 9.97 Å². The number of allylic oxidation sites excluding steroid dienone is 2. The molecule has 0 atom stereocenters. The molecule has 0 bridgehead atoms. The Morgan fingerprint density at radius 3 is 2.02 bits per heavy atom. The van der Waals surface area contributed by atoms with Gasteiger partial charge in [0, 0.05) is 48.1 Å². The third kappa shape index (κ3) is 6.97. The second-order valence-electron chi connectivity index (χ2n) is 15.1. The molecule has 0 amide bonds. The van der Waals surface area contributed by atoms with E-state index in [1.54, 1.807) is 6.33 Å². The van der Waals surface area contributed by atoms with Crippen LogP contribution in [0.3, 0.4) is 0 Å². The maximum absolute atomic E-state index is 12.2. The molecule has 0 saturated heterocycles. The molecule has 50 heavy (non-hydrogen) atoms. The quantitative estimate of drug-likeness (QED) is 0.0960. The van der Waals surface area contributed by atoms with Gasteiger partial charge in [-0.05, 0) is 79.1 Å². The van der Waals surface area contributed by atoms with Crippen molar-refractivity contribution in [3.05, 3.63) is 107 Å². The maximum atomic E-state index is 12.2. The van der Waals surface area contributed by atoms with Crippen molar-refractivity contribution in [1.29, 1.82) is 0 Å². The van der Waals surface area contributed by atoms with Crippen molar-refractivity contribution in [3.8, 4) is 22.4 Å². The zero-order chi connectivity index (χ0) is 35.9. The first-order valence-electron chi connectivity index (χ1n) is 17.9. The van der Waals surface area contributed by atoms with Gasteiger partial charge in [0.15, 0.2) is 5.78 Å². The summed E-state index contributed by atoms with van der Waals surface area (Å²) in [6.07, 6.45) is 6.47. The van der Waals surface area contributed by atoms with Gasteiger partial charge in [0.1, 0.15) is 12.1 Å². The number of carbonyl (C=O) groups is 1. The van der Waals surface area contributed by atoms with Crippen molar-refractivity contribution < 1.29 is 30.0 Å². The van der Waals surface area contributed by atoms with Crippen LogP contribution in [0.4, 0.5) is 0 Å². The standard InChI is InChI=1S/C30H25N2.C15H28O2.Ir/c1-17-10-18(2)26-19(3)12-23(13-22(26)11-17)28-27-24-14-20-8-6-7-9-21(20)15-25(24)30(4,5)29(27)32-16-31-28;1-7-14(5,8-2)12(16)11-13(17)15(6,9-3)10-4;/h6-12,14-16H,1-5H3;11,16H,7-10H2,1-6H3;/q-1;;/b;12-11-;. The first-order chi connectivity index (χ1) is 23.1. The zero-order valence-corrected chi connectivity index (χ0v) is 34.2. The Labute approximate surface area is 313 Å². The Bertz CT molecular complexity index is 2080. The average Bonchev–Trinajstić information content (AvgIpc) is 3.31. The topological polar surface area (TPSA) is 63.1 Å². The molecular formula is C45H53IrN2O2-. The Balaban J connectivity index is 0.000000269. The van der Waals surface area contributed by atoms with E-state index in [1.807, 2.05) is 41.5 Å². The van der Waals surface area contributed by atoms with E-state index in [9.17, 15) is 9.90 Å². The summed E-state index contributed by atoms with van der Waals surface area (Å²) in [5, 5.41) is 15.1. The van der Waals surface area contributed by atoms with E-state index < -0.39 is 0 Å². The van der Waals surface area contributed by atoms with E-state index in [0.29, 0.717) is 0 Å². The van der Waals surface area contributed by atoms with Gasteiger partial charge < -0.3 is 5.11 Å². The molecule has 5 aromatic rings. The molecule has 4 aromatic carbocycles. The molecular weight excluding hydrogens is 793 g/mol. The van der Waals surface area contributed by atoms with Crippen LogP contribution in [0.1, 0.15) is 109 Å². The Hall–Kier alpha value is -3.66. The van der Waals surface area contributed by atoms with Gasteiger partial charge in [0.05, 0.1) is 5.69 Å². The molecule has 265 valence electrons. The second-order valence-corrected chi connectivity index (χ2v) is 15.1. The number of hydrogen-bond donors (Lipinski definition) is 1. The summed E-state index contributed by atoms with van der Waals surface area (Å²) in [4.78, 5) is 21.8. The smallest absolute Gasteiger partial charge is 0.164 e. The van der Waals surface area contributed by atoms with Gasteiger partial charge in [0.25, 0.3) is 0 Å². The fourth-order valence-corrected chi connectivity index (χ4v) is 7.28. The van der Waals surface area contributed by atoms with Crippen LogP contribution in [-0.2, 0) is 30.3 Å². The van der Waals surface area contributed by atoms with E-state index in [0.717, 1.165) is 53.6 Å². The number of aliphatic hydroxyl groups is 1. The van der Waals surface area contributed by atoms with Gasteiger partial charge in [0.2, 0.25) is 0 Å². The Morgan fingerprint density at radius 2 is 1.42 bits per heavy atom. The molecule has 4 nitrogen and oxygen atoms in total. The SMILES string of the molecule is CCC(C)(CC)C(=O)/C=C(\O)C(C)(CC)CC.Cc1cc(C)c2c(C)cc(-c3ncnc4c3-c3cc5ccccc5cc3C4(C)C)[c-]c2c1.[Ir]. The molecule has 1 radical (unpaired) electrons. The summed E-state index contributed by atoms with van der Waals surface area (Å²) in [6, 6.07) is 23.6. The number of aromatic nitrogens is 2. The third-order valence-corrected chi connectivity index (χ3v) is 11.6. The van der Waals surface area contributed by atoms with Gasteiger partial charge in [-0.25, -0.2) is 4.98 Å². The molecule has 0 fully saturated rings. The van der Waals surface area contributed by atoms with Crippen LogP contribution in [0.5, 0.6) is 0 Å². The van der Waals surface area contributed by atoms with E-state index in [1.165, 1.54) is 50.1 Å². The predicted molar refractivity (Wildman–Crippen MR) is 206 cm³/mol. The zero-order valence-electron chi connectivity index (χ0n) is 31.8. The predicted octanol–water partition coefficient (Wildman–Crippen LogP) is 12.1. The number of rotatable bonds is 8. The van der Waals surface area contributed by atoms with Crippen molar-refractivity contribution in [2.75, 3.05) is 0 Å². The molecule has 1 heterocycles. The maximum Gasteiger partial charge on any atom is 0.164 e. The normalized spacial score (nSPS) is 13.7. The molecule has 0 spiro atoms. The largest absolute Gasteiger partial charge is 0.512 e. The number of fused-ring (bicyclic) bond motifs is 5. The summed E-state index contributed by atoms with van der Waals surface area (Å²) in [7, 11) is 0. The minimum absolute atomic E-state index is 0. The number of nitrogens with zero attached hydrogens (tertiary/aromatic N) is 2. The van der Waals surface area contributed by atoms with Crippen LogP contribution in [0, 0.1) is 37.7 Å². The molecule has 6 rings (SSSR count). The van der Waals surface area contributed by atoms with Crippen molar-refractivity contribution in [3.63, 3.8) is 0 Å². The van der Waals surface area contributed by atoms with Crippen LogP contribution in [-0.4, -0.2) is 20.9 Å². The first-order valence-corrected chi connectivity index (χ1v) is 17.9. The van der Waals surface area contributed by atoms with Crippen LogP contribution in [0.2, 0.25) is 0 Å². The Morgan fingerprint density at radius 1 is 0.840 bits per heavy atom. The number of carbonyl (C=O) groups excluding carboxylic acids is 1. The third-order valence-electron chi connectivity index (χ3n) is 11.6. The van der Waals surface area contributed by atoms with Crippen LogP contribution in [0.15, 0.2) is 72.8 Å². The molecule has 1 aromatic heterocycles. The van der Waals surface area contributed by atoms with Crippen molar-refractivity contribution in [2.24, 2.45) is 10.8 Å². The van der Waals surface area contributed by atoms with Gasteiger partial charge in [-0.2, -0.15) is 0 Å². The number of aryl methyl sites for hydroxylation is 3. The molecule has 1 N–H and O–H groups in total. The van der Waals surface area contributed by atoms with E-state index in [-0.39, 0.29) is 47.9 Å². The fraction of sp³-hybridized carbons (Fsp3) is 0.400. The molecule has 0 saturated carbocycles. The molecule has 1 aliphatic carbocycles. The van der Waals surface area contributed by atoms with E-state index in [2.05, 4.69) is 95.3 Å². The number of hydrogen-bond acceptors (Lipinski definition) is 4. The van der Waals surface area contributed by atoms with Gasteiger partial charge in [-0.1, -0.05) is 115 Å². The van der Waals surface area contributed by atoms with Crippen LogP contribution < -0.4 is 0 Å². The summed E-state index contributed by atoms with van der Waals surface area (Å²) < 4.78 is 0. The molecule has 0 unspecified atom stereocenters.